The second-order valence-electron chi connectivity index (χ2n) is 4.03. The summed E-state index contributed by atoms with van der Waals surface area (Å²) in [5, 5.41) is 0. The maximum atomic E-state index is 5.70. The van der Waals surface area contributed by atoms with Crippen molar-refractivity contribution < 1.29 is 9.47 Å². The third kappa shape index (κ3) is 1.84. The number of hydrogen-bond donors (Lipinski definition) is 0. The molecule has 3 heteroatoms. The fourth-order valence-corrected chi connectivity index (χ4v) is 1.99. The summed E-state index contributed by atoms with van der Waals surface area (Å²) < 4.78 is 11.0. The van der Waals surface area contributed by atoms with E-state index in [2.05, 4.69) is 4.99 Å². The first-order chi connectivity index (χ1) is 8.88. The summed E-state index contributed by atoms with van der Waals surface area (Å²) in [4.78, 5) is 4.54. The molecule has 0 saturated heterocycles. The molecule has 18 heavy (non-hydrogen) atoms. The Morgan fingerprint density at radius 2 is 1.83 bits per heavy atom. The Kier molecular flexibility index (Phi) is 2.73. The lowest BCUT2D eigenvalue weighted by Crippen LogP contribution is -2.12. The van der Waals surface area contributed by atoms with Crippen molar-refractivity contribution in [1.29, 1.82) is 0 Å². The van der Waals surface area contributed by atoms with E-state index in [1.165, 1.54) is 0 Å². The van der Waals surface area contributed by atoms with E-state index in [0.717, 1.165) is 22.6 Å². The first-order valence-corrected chi connectivity index (χ1v) is 5.81. The molecule has 0 radical (unpaired) electrons. The van der Waals surface area contributed by atoms with Gasteiger partial charge in [-0.1, -0.05) is 30.3 Å². The van der Waals surface area contributed by atoms with Crippen LogP contribution in [0.1, 0.15) is 11.1 Å². The molecule has 0 amide bonds. The van der Waals surface area contributed by atoms with Crippen LogP contribution in [0.15, 0.2) is 53.5 Å². The highest BCUT2D eigenvalue weighted by atomic mass is 16.5. The van der Waals surface area contributed by atoms with Crippen LogP contribution in [-0.2, 0) is 11.3 Å². The maximum absolute atomic E-state index is 5.70. The number of rotatable bonds is 2. The molecule has 0 spiro atoms. The van der Waals surface area contributed by atoms with Gasteiger partial charge in [-0.05, 0) is 18.2 Å². The van der Waals surface area contributed by atoms with E-state index in [-0.39, 0.29) is 0 Å². The number of fused-ring (bicyclic) bond motifs is 1. The summed E-state index contributed by atoms with van der Waals surface area (Å²) in [6, 6.07) is 15.7. The maximum Gasteiger partial charge on any atom is 0.225 e. The van der Waals surface area contributed by atoms with Gasteiger partial charge in [0.05, 0.1) is 18.4 Å². The average Bonchev–Trinajstić information content (AvgIpc) is 2.46. The summed E-state index contributed by atoms with van der Waals surface area (Å²) in [6.45, 7) is 0.549. The average molecular weight is 239 g/mol. The van der Waals surface area contributed by atoms with Gasteiger partial charge in [-0.2, -0.15) is 0 Å². The highest BCUT2D eigenvalue weighted by Gasteiger charge is 2.16. The Balaban J connectivity index is 2.07. The molecule has 1 aliphatic rings. The topological polar surface area (TPSA) is 30.8 Å². The first-order valence-electron chi connectivity index (χ1n) is 5.81. The van der Waals surface area contributed by atoms with E-state index in [4.69, 9.17) is 9.47 Å². The van der Waals surface area contributed by atoms with Crippen LogP contribution in [0.5, 0.6) is 5.75 Å². The Morgan fingerprint density at radius 3 is 2.72 bits per heavy atom. The Morgan fingerprint density at radius 1 is 1.06 bits per heavy atom. The van der Waals surface area contributed by atoms with Crippen LogP contribution in [0.3, 0.4) is 0 Å². The van der Waals surface area contributed by atoms with Crippen molar-refractivity contribution in [3.05, 3.63) is 59.7 Å². The smallest absolute Gasteiger partial charge is 0.225 e. The lowest BCUT2D eigenvalue weighted by molar-refractivity contribution is 0.286. The van der Waals surface area contributed by atoms with E-state index in [9.17, 15) is 0 Å². The number of benzene rings is 2. The molecule has 3 rings (SSSR count). The third-order valence-electron chi connectivity index (χ3n) is 2.92. The van der Waals surface area contributed by atoms with Crippen molar-refractivity contribution in [2.75, 3.05) is 7.11 Å². The number of ether oxygens (including phenoxy) is 2. The van der Waals surface area contributed by atoms with Gasteiger partial charge < -0.3 is 9.47 Å². The second kappa shape index (κ2) is 4.53. The van der Waals surface area contributed by atoms with Crippen LogP contribution >= 0.6 is 0 Å². The van der Waals surface area contributed by atoms with Gasteiger partial charge in [0, 0.05) is 5.56 Å². The minimum atomic E-state index is 0.549. The summed E-state index contributed by atoms with van der Waals surface area (Å²) in [5.41, 5.74) is 2.95. The van der Waals surface area contributed by atoms with Crippen LogP contribution in [0, 0.1) is 0 Å². The minimum Gasteiger partial charge on any atom is -0.496 e. The zero-order chi connectivity index (χ0) is 12.4. The van der Waals surface area contributed by atoms with E-state index in [1.54, 1.807) is 7.11 Å². The quantitative estimate of drug-likeness (QED) is 0.805. The number of methoxy groups -OCH3 is 1. The van der Waals surface area contributed by atoms with Crippen LogP contribution in [0.25, 0.3) is 0 Å². The number of hydrogen-bond acceptors (Lipinski definition) is 3. The summed E-state index contributed by atoms with van der Waals surface area (Å²) >= 11 is 0. The van der Waals surface area contributed by atoms with E-state index < -0.39 is 0 Å². The molecule has 1 heterocycles. The lowest BCUT2D eigenvalue weighted by atomic mass is 10.1. The van der Waals surface area contributed by atoms with Crippen molar-refractivity contribution in [3.8, 4) is 5.75 Å². The van der Waals surface area contributed by atoms with Gasteiger partial charge in [0.2, 0.25) is 5.90 Å². The highest BCUT2D eigenvalue weighted by molar-refractivity contribution is 5.99. The molecule has 2 aromatic rings. The van der Waals surface area contributed by atoms with E-state index in [1.807, 2.05) is 48.5 Å². The highest BCUT2D eigenvalue weighted by Crippen LogP contribution is 2.28. The number of aliphatic imine (C=N–C) groups is 1. The fraction of sp³-hybridized carbons (Fsp3) is 0.133. The summed E-state index contributed by atoms with van der Waals surface area (Å²) in [5.74, 6) is 1.39. The molecule has 0 unspecified atom stereocenters. The third-order valence-corrected chi connectivity index (χ3v) is 2.92. The molecule has 2 aromatic carbocycles. The van der Waals surface area contributed by atoms with Gasteiger partial charge >= 0.3 is 0 Å². The van der Waals surface area contributed by atoms with Crippen LogP contribution in [-0.4, -0.2) is 13.0 Å². The zero-order valence-electron chi connectivity index (χ0n) is 10.1. The second-order valence-corrected chi connectivity index (χ2v) is 4.03. The molecule has 0 saturated carbocycles. The predicted molar refractivity (Wildman–Crippen MR) is 70.4 cm³/mol. The molecule has 1 aliphatic heterocycles. The van der Waals surface area contributed by atoms with Crippen molar-refractivity contribution >= 4 is 11.6 Å². The molecular formula is C15H13NO2. The van der Waals surface area contributed by atoms with Gasteiger partial charge in [0.15, 0.2) is 0 Å². The van der Waals surface area contributed by atoms with Gasteiger partial charge in [-0.3, -0.25) is 0 Å². The Bertz CT molecular complexity index is 605. The SMILES string of the molecule is COc1ccccc1C1=Nc2ccccc2CO1. The van der Waals surface area contributed by atoms with Crippen LogP contribution in [0.4, 0.5) is 5.69 Å². The van der Waals surface area contributed by atoms with Crippen molar-refractivity contribution in [3.63, 3.8) is 0 Å². The van der Waals surface area contributed by atoms with Crippen molar-refractivity contribution in [1.82, 2.24) is 0 Å². The normalized spacial score (nSPS) is 13.3. The van der Waals surface area contributed by atoms with Gasteiger partial charge in [-0.15, -0.1) is 0 Å². The number of para-hydroxylation sites is 2. The fourth-order valence-electron chi connectivity index (χ4n) is 1.99. The zero-order valence-corrected chi connectivity index (χ0v) is 10.1. The van der Waals surface area contributed by atoms with E-state index >= 15 is 0 Å². The molecule has 0 bridgehead atoms. The van der Waals surface area contributed by atoms with Crippen LogP contribution in [0.2, 0.25) is 0 Å². The minimum absolute atomic E-state index is 0.549. The standard InChI is InChI=1S/C15H13NO2/c1-17-14-9-5-3-7-12(14)15-16-13-8-4-2-6-11(13)10-18-15/h2-9H,10H2,1H3. The van der Waals surface area contributed by atoms with Gasteiger partial charge in [0.1, 0.15) is 12.4 Å². The van der Waals surface area contributed by atoms with Gasteiger partial charge in [0.25, 0.3) is 0 Å². The van der Waals surface area contributed by atoms with Gasteiger partial charge in [-0.25, -0.2) is 4.99 Å². The Labute approximate surface area is 106 Å². The summed E-state index contributed by atoms with van der Waals surface area (Å²) in [7, 11) is 1.65. The molecule has 0 fully saturated rings. The predicted octanol–water partition coefficient (Wildman–Crippen LogP) is 3.30. The Hall–Kier alpha value is -2.29. The first kappa shape index (κ1) is 10.8. The van der Waals surface area contributed by atoms with Crippen molar-refractivity contribution in [2.45, 2.75) is 6.61 Å². The van der Waals surface area contributed by atoms with Crippen LogP contribution < -0.4 is 4.74 Å². The molecule has 0 N–H and O–H groups in total. The molecule has 0 aromatic heterocycles. The van der Waals surface area contributed by atoms with E-state index in [0.29, 0.717) is 12.5 Å². The largest absolute Gasteiger partial charge is 0.496 e. The van der Waals surface area contributed by atoms with Crippen molar-refractivity contribution in [2.24, 2.45) is 4.99 Å². The number of nitrogens with zero attached hydrogens (tertiary/aromatic N) is 1. The molecule has 3 nitrogen and oxygen atoms in total. The molecule has 0 aliphatic carbocycles. The molecule has 0 atom stereocenters. The molecule has 90 valence electrons. The lowest BCUT2D eigenvalue weighted by Gasteiger charge is -2.18. The summed E-state index contributed by atoms with van der Waals surface area (Å²) in [6.07, 6.45) is 0. The molecular weight excluding hydrogens is 226 g/mol. The monoisotopic (exact) mass is 239 g/mol.